The molecule has 0 spiro atoms. The van der Waals surface area contributed by atoms with Gasteiger partial charge < -0.3 is 4.90 Å². The van der Waals surface area contributed by atoms with Crippen LogP contribution in [0.15, 0.2) is 65.1 Å². The maximum atomic E-state index is 13.3. The van der Waals surface area contributed by atoms with Gasteiger partial charge in [0.05, 0.1) is 16.8 Å². The summed E-state index contributed by atoms with van der Waals surface area (Å²) < 4.78 is 1.66. The van der Waals surface area contributed by atoms with Crippen molar-refractivity contribution in [1.82, 2.24) is 9.55 Å². The van der Waals surface area contributed by atoms with Gasteiger partial charge in [0.25, 0.3) is 5.56 Å². The first-order chi connectivity index (χ1) is 16.1. The highest BCUT2D eigenvalue weighted by Gasteiger charge is 2.24. The molecule has 0 bridgehead atoms. The van der Waals surface area contributed by atoms with Crippen LogP contribution in [0.5, 0.6) is 0 Å². The van der Waals surface area contributed by atoms with Crippen molar-refractivity contribution in [3.8, 4) is 0 Å². The lowest BCUT2D eigenvalue weighted by Gasteiger charge is -2.23. The fraction of sp³-hybridized carbons (Fsp3) is 0.269. The van der Waals surface area contributed by atoms with Crippen molar-refractivity contribution in [3.05, 3.63) is 75.9 Å². The molecule has 0 unspecified atom stereocenters. The summed E-state index contributed by atoms with van der Waals surface area (Å²) in [6.07, 6.45) is 4.78. The number of thioether (sulfide) groups is 1. The number of aromatic nitrogens is 2. The van der Waals surface area contributed by atoms with E-state index < -0.39 is 0 Å². The molecular formula is C26H25N3O2S2. The number of thiophene rings is 1. The zero-order valence-corrected chi connectivity index (χ0v) is 20.2. The summed E-state index contributed by atoms with van der Waals surface area (Å²) in [6, 6.07) is 14.1. The van der Waals surface area contributed by atoms with Gasteiger partial charge in [-0.1, -0.05) is 54.2 Å². The molecule has 0 saturated carbocycles. The highest BCUT2D eigenvalue weighted by molar-refractivity contribution is 7.99. The average Bonchev–Trinajstić information content (AvgIpc) is 3.41. The third kappa shape index (κ3) is 3.89. The highest BCUT2D eigenvalue weighted by atomic mass is 32.2. The van der Waals surface area contributed by atoms with Crippen LogP contribution in [-0.4, -0.2) is 27.8 Å². The third-order valence-corrected chi connectivity index (χ3v) is 8.25. The molecule has 7 heteroatoms. The number of anilines is 1. The van der Waals surface area contributed by atoms with Gasteiger partial charge in [0.2, 0.25) is 5.91 Å². The number of benzene rings is 2. The zero-order valence-electron chi connectivity index (χ0n) is 18.5. The molecule has 33 heavy (non-hydrogen) atoms. The Bertz CT molecular complexity index is 1430. The first-order valence-electron chi connectivity index (χ1n) is 11.2. The topological polar surface area (TPSA) is 55.2 Å². The molecule has 0 aliphatic heterocycles. The third-order valence-electron chi connectivity index (χ3n) is 6.10. The van der Waals surface area contributed by atoms with Gasteiger partial charge in [-0.3, -0.25) is 14.2 Å². The monoisotopic (exact) mass is 475 g/mol. The van der Waals surface area contributed by atoms with E-state index in [1.165, 1.54) is 22.2 Å². The summed E-state index contributed by atoms with van der Waals surface area (Å²) in [6.45, 7) is 6.74. The van der Waals surface area contributed by atoms with Crippen LogP contribution in [0.25, 0.3) is 21.0 Å². The number of aryl methyl sites for hydroxylation is 2. The van der Waals surface area contributed by atoms with E-state index >= 15 is 0 Å². The van der Waals surface area contributed by atoms with Gasteiger partial charge in [-0.05, 0) is 43.2 Å². The first kappa shape index (κ1) is 21.9. The minimum atomic E-state index is -0.0179. The summed E-state index contributed by atoms with van der Waals surface area (Å²) in [5.74, 6) is 0.198. The van der Waals surface area contributed by atoms with Gasteiger partial charge >= 0.3 is 0 Å². The lowest BCUT2D eigenvalue weighted by molar-refractivity contribution is -0.116. The van der Waals surface area contributed by atoms with Crippen molar-refractivity contribution in [1.29, 1.82) is 0 Å². The minimum absolute atomic E-state index is 0.00738. The van der Waals surface area contributed by atoms with E-state index in [4.69, 9.17) is 4.98 Å². The number of amides is 1. The Morgan fingerprint density at radius 3 is 2.88 bits per heavy atom. The maximum absolute atomic E-state index is 13.3. The van der Waals surface area contributed by atoms with Crippen molar-refractivity contribution in [3.63, 3.8) is 0 Å². The van der Waals surface area contributed by atoms with Crippen LogP contribution in [0, 0.1) is 0 Å². The smallest absolute Gasteiger partial charge is 0.263 e. The largest absolute Gasteiger partial charge is 0.311 e. The van der Waals surface area contributed by atoms with Gasteiger partial charge in [0.15, 0.2) is 5.16 Å². The zero-order chi connectivity index (χ0) is 22.9. The Morgan fingerprint density at radius 2 is 2.06 bits per heavy atom. The number of carbonyl (C=O) groups is 1. The van der Waals surface area contributed by atoms with Gasteiger partial charge in [-0.2, -0.15) is 0 Å². The second-order valence-corrected chi connectivity index (χ2v) is 10.1. The number of hydrogen-bond acceptors (Lipinski definition) is 5. The van der Waals surface area contributed by atoms with E-state index in [0.717, 1.165) is 45.9 Å². The molecule has 5 nitrogen and oxygen atoms in total. The molecule has 2 aromatic heterocycles. The van der Waals surface area contributed by atoms with Crippen LogP contribution in [-0.2, 0) is 24.2 Å². The number of nitrogens with zero attached hydrogens (tertiary/aromatic N) is 3. The fourth-order valence-electron chi connectivity index (χ4n) is 4.59. The summed E-state index contributed by atoms with van der Waals surface area (Å²) in [5.41, 5.74) is 2.06. The quantitative estimate of drug-likeness (QED) is 0.203. The minimum Gasteiger partial charge on any atom is -0.311 e. The Labute approximate surface area is 200 Å². The highest BCUT2D eigenvalue weighted by Crippen LogP contribution is 2.36. The van der Waals surface area contributed by atoms with Gasteiger partial charge in [0.1, 0.15) is 4.83 Å². The number of rotatable bonds is 7. The van der Waals surface area contributed by atoms with Crippen molar-refractivity contribution in [2.45, 2.75) is 37.9 Å². The molecule has 2 aromatic carbocycles. The van der Waals surface area contributed by atoms with E-state index in [0.29, 0.717) is 18.2 Å². The summed E-state index contributed by atoms with van der Waals surface area (Å²) >= 11 is 2.95. The molecule has 5 rings (SSSR count). The number of allylic oxidation sites excluding steroid dienone is 1. The maximum Gasteiger partial charge on any atom is 0.263 e. The molecule has 1 aliphatic carbocycles. The van der Waals surface area contributed by atoms with Gasteiger partial charge in [-0.15, -0.1) is 17.9 Å². The fourth-order valence-corrected chi connectivity index (χ4v) is 6.77. The van der Waals surface area contributed by atoms with Crippen LogP contribution in [0.1, 0.15) is 23.8 Å². The van der Waals surface area contributed by atoms with Gasteiger partial charge in [0, 0.05) is 23.4 Å². The van der Waals surface area contributed by atoms with E-state index in [1.54, 1.807) is 22.0 Å². The summed E-state index contributed by atoms with van der Waals surface area (Å²) in [7, 11) is 0. The van der Waals surface area contributed by atoms with Crippen LogP contribution in [0.4, 0.5) is 5.69 Å². The van der Waals surface area contributed by atoms with E-state index in [9.17, 15) is 9.59 Å². The molecule has 1 amide bonds. The van der Waals surface area contributed by atoms with Crippen molar-refractivity contribution < 1.29 is 4.79 Å². The Hall–Kier alpha value is -2.90. The second kappa shape index (κ2) is 9.15. The van der Waals surface area contributed by atoms with Crippen LogP contribution in [0.3, 0.4) is 0 Å². The normalized spacial score (nSPS) is 12.9. The van der Waals surface area contributed by atoms with E-state index in [2.05, 4.69) is 18.7 Å². The number of hydrogen-bond donors (Lipinski definition) is 0. The lowest BCUT2D eigenvalue weighted by atomic mass is 10.1. The SMILES string of the molecule is C=CCn1c(SCC(=O)N(CC)c2cccc3ccccc23)nc2sc3c(c2c1=O)CCC3. The molecule has 0 fully saturated rings. The number of carbonyl (C=O) groups excluding carboxylic acids is 1. The molecule has 0 atom stereocenters. The molecule has 0 radical (unpaired) electrons. The van der Waals surface area contributed by atoms with E-state index in [-0.39, 0.29) is 17.2 Å². The first-order valence-corrected chi connectivity index (χ1v) is 13.0. The Balaban J connectivity index is 1.46. The number of fused-ring (bicyclic) bond motifs is 4. The average molecular weight is 476 g/mol. The lowest BCUT2D eigenvalue weighted by Crippen LogP contribution is -2.32. The van der Waals surface area contributed by atoms with Crippen LogP contribution >= 0.6 is 23.1 Å². The van der Waals surface area contributed by atoms with Crippen molar-refractivity contribution >= 4 is 55.7 Å². The van der Waals surface area contributed by atoms with E-state index in [1.807, 2.05) is 42.2 Å². The molecule has 1 aliphatic rings. The Kier molecular flexibility index (Phi) is 6.08. The molecule has 4 aromatic rings. The predicted octanol–water partition coefficient (Wildman–Crippen LogP) is 5.43. The standard InChI is InChI=1S/C26H25N3O2S2/c1-3-15-29-25(31)23-19-12-8-14-21(19)33-24(23)27-26(29)32-16-22(30)28(4-2)20-13-7-10-17-9-5-6-11-18(17)20/h3,5-7,9-11,13H,1,4,8,12,14-16H2,2H3. The van der Waals surface area contributed by atoms with Crippen LogP contribution in [0.2, 0.25) is 0 Å². The van der Waals surface area contributed by atoms with Gasteiger partial charge in [-0.25, -0.2) is 4.98 Å². The molecular weight excluding hydrogens is 450 g/mol. The van der Waals surface area contributed by atoms with Crippen molar-refractivity contribution in [2.75, 3.05) is 17.2 Å². The Morgan fingerprint density at radius 1 is 1.24 bits per heavy atom. The molecule has 0 saturated heterocycles. The summed E-state index contributed by atoms with van der Waals surface area (Å²) in [5, 5.41) is 3.49. The molecule has 0 N–H and O–H groups in total. The second-order valence-electron chi connectivity index (χ2n) is 8.06. The predicted molar refractivity (Wildman–Crippen MR) is 139 cm³/mol. The molecule has 168 valence electrons. The molecule has 2 heterocycles. The van der Waals surface area contributed by atoms with Crippen LogP contribution < -0.4 is 10.5 Å². The van der Waals surface area contributed by atoms with Crippen molar-refractivity contribution in [2.24, 2.45) is 0 Å². The summed E-state index contributed by atoms with van der Waals surface area (Å²) in [4.78, 5) is 35.3.